The molecular weight excluding hydrogens is 352 g/mol. The molecule has 0 aromatic heterocycles. The van der Waals surface area contributed by atoms with Crippen LogP contribution in [0.4, 0.5) is 0 Å². The van der Waals surface area contributed by atoms with Crippen molar-refractivity contribution >= 4 is 27.5 Å². The van der Waals surface area contributed by atoms with Gasteiger partial charge in [0.1, 0.15) is 5.75 Å². The predicted octanol–water partition coefficient (Wildman–Crippen LogP) is 4.17. The van der Waals surface area contributed by atoms with Gasteiger partial charge in [0.2, 0.25) is 0 Å². The average molecular weight is 370 g/mol. The van der Waals surface area contributed by atoms with E-state index in [0.29, 0.717) is 6.42 Å². The van der Waals surface area contributed by atoms with Gasteiger partial charge < -0.3 is 4.74 Å². The third-order valence-electron chi connectivity index (χ3n) is 3.41. The largest absolute Gasteiger partial charge is 0.497 e. The summed E-state index contributed by atoms with van der Waals surface area (Å²) < 4.78 is 6.29. The summed E-state index contributed by atoms with van der Waals surface area (Å²) in [6, 6.07) is 11.8. The van der Waals surface area contributed by atoms with Gasteiger partial charge in [0.25, 0.3) is 0 Å². The summed E-state index contributed by atoms with van der Waals surface area (Å²) >= 11 is 9.90. The second-order valence-electron chi connectivity index (χ2n) is 4.91. The van der Waals surface area contributed by atoms with E-state index >= 15 is 0 Å². The van der Waals surface area contributed by atoms with Crippen LogP contribution in [-0.4, -0.2) is 7.11 Å². The van der Waals surface area contributed by atoms with Gasteiger partial charge >= 0.3 is 0 Å². The van der Waals surface area contributed by atoms with Gasteiger partial charge in [-0.15, -0.1) is 0 Å². The van der Waals surface area contributed by atoms with E-state index in [4.69, 9.17) is 22.2 Å². The summed E-state index contributed by atoms with van der Waals surface area (Å²) in [4.78, 5) is 0. The van der Waals surface area contributed by atoms with Crippen LogP contribution in [0.3, 0.4) is 0 Å². The van der Waals surface area contributed by atoms with E-state index < -0.39 is 0 Å². The first kappa shape index (κ1) is 16.3. The first-order chi connectivity index (χ1) is 10.0. The standard InChI is InChI=1S/C16H18BrClN2O/c1-10-3-5-13(15(18)7-10)16(20-19)9-11-8-12(21-2)4-6-14(11)17/h3-8,16,20H,9,19H2,1-2H3. The molecule has 2 aromatic rings. The molecule has 112 valence electrons. The van der Waals surface area contributed by atoms with Crippen LogP contribution in [-0.2, 0) is 6.42 Å². The van der Waals surface area contributed by atoms with E-state index in [-0.39, 0.29) is 6.04 Å². The highest BCUT2D eigenvalue weighted by molar-refractivity contribution is 9.10. The zero-order valence-electron chi connectivity index (χ0n) is 12.0. The first-order valence-corrected chi connectivity index (χ1v) is 7.77. The number of benzene rings is 2. The number of nitrogens with two attached hydrogens (primary N) is 1. The fourth-order valence-corrected chi connectivity index (χ4v) is 3.00. The maximum atomic E-state index is 6.34. The Morgan fingerprint density at radius 1 is 1.29 bits per heavy atom. The quantitative estimate of drug-likeness (QED) is 0.614. The molecule has 2 aromatic carbocycles. The highest BCUT2D eigenvalue weighted by atomic mass is 79.9. The van der Waals surface area contributed by atoms with Gasteiger partial charge in [0, 0.05) is 9.50 Å². The highest BCUT2D eigenvalue weighted by Gasteiger charge is 2.16. The Morgan fingerprint density at radius 3 is 2.67 bits per heavy atom. The van der Waals surface area contributed by atoms with Gasteiger partial charge in [-0.3, -0.25) is 11.3 Å². The lowest BCUT2D eigenvalue weighted by Gasteiger charge is -2.19. The first-order valence-electron chi connectivity index (χ1n) is 6.59. The molecular formula is C16H18BrClN2O. The number of rotatable bonds is 5. The van der Waals surface area contributed by atoms with Gasteiger partial charge in [-0.1, -0.05) is 39.7 Å². The predicted molar refractivity (Wildman–Crippen MR) is 90.7 cm³/mol. The van der Waals surface area contributed by atoms with Crippen molar-refractivity contribution in [3.05, 3.63) is 62.6 Å². The van der Waals surface area contributed by atoms with E-state index in [0.717, 1.165) is 31.9 Å². The highest BCUT2D eigenvalue weighted by Crippen LogP contribution is 2.30. The third kappa shape index (κ3) is 3.98. The van der Waals surface area contributed by atoms with Gasteiger partial charge in [-0.25, -0.2) is 0 Å². The molecule has 3 N–H and O–H groups in total. The molecule has 2 rings (SSSR count). The molecule has 0 aliphatic rings. The maximum Gasteiger partial charge on any atom is 0.119 e. The third-order valence-corrected chi connectivity index (χ3v) is 4.51. The molecule has 21 heavy (non-hydrogen) atoms. The van der Waals surface area contributed by atoms with Crippen LogP contribution < -0.4 is 16.0 Å². The molecule has 0 aliphatic heterocycles. The van der Waals surface area contributed by atoms with Crippen LogP contribution in [0.1, 0.15) is 22.7 Å². The number of hydrogen-bond donors (Lipinski definition) is 2. The van der Waals surface area contributed by atoms with Gasteiger partial charge in [-0.2, -0.15) is 0 Å². The molecule has 0 saturated carbocycles. The number of nitrogens with one attached hydrogen (secondary N) is 1. The normalized spacial score (nSPS) is 12.2. The molecule has 1 atom stereocenters. The second kappa shape index (κ2) is 7.27. The van der Waals surface area contributed by atoms with Crippen LogP contribution >= 0.6 is 27.5 Å². The number of methoxy groups -OCH3 is 1. The minimum Gasteiger partial charge on any atom is -0.497 e. The monoisotopic (exact) mass is 368 g/mol. The minimum atomic E-state index is -0.0680. The summed E-state index contributed by atoms with van der Waals surface area (Å²) in [7, 11) is 1.66. The second-order valence-corrected chi connectivity index (χ2v) is 6.17. The lowest BCUT2D eigenvalue weighted by molar-refractivity contribution is 0.413. The summed E-state index contributed by atoms with van der Waals surface area (Å²) in [5.74, 6) is 6.54. The van der Waals surface area contributed by atoms with Crippen molar-refractivity contribution < 1.29 is 4.74 Å². The zero-order chi connectivity index (χ0) is 15.4. The Labute approximate surface area is 138 Å². The number of ether oxygens (including phenoxy) is 1. The number of hydrogen-bond acceptors (Lipinski definition) is 3. The van der Waals surface area contributed by atoms with Crippen LogP contribution in [0.2, 0.25) is 5.02 Å². The molecule has 0 spiro atoms. The van der Waals surface area contributed by atoms with Crippen molar-refractivity contribution in [3.63, 3.8) is 0 Å². The van der Waals surface area contributed by atoms with E-state index in [1.165, 1.54) is 0 Å². The van der Waals surface area contributed by atoms with E-state index in [1.807, 2.05) is 43.3 Å². The SMILES string of the molecule is COc1ccc(Br)c(CC(NN)c2ccc(C)cc2Cl)c1. The zero-order valence-corrected chi connectivity index (χ0v) is 14.3. The smallest absolute Gasteiger partial charge is 0.119 e. The Bertz CT molecular complexity index is 634. The topological polar surface area (TPSA) is 47.3 Å². The Hall–Kier alpha value is -1.07. The Kier molecular flexibility index (Phi) is 5.65. The molecule has 0 aliphatic carbocycles. The van der Waals surface area contributed by atoms with E-state index in [1.54, 1.807) is 7.11 Å². The van der Waals surface area contributed by atoms with Crippen molar-refractivity contribution in [2.24, 2.45) is 5.84 Å². The lowest BCUT2D eigenvalue weighted by Crippen LogP contribution is -2.30. The van der Waals surface area contributed by atoms with Gasteiger partial charge in [0.15, 0.2) is 0 Å². The molecule has 3 nitrogen and oxygen atoms in total. The Balaban J connectivity index is 2.30. The minimum absolute atomic E-state index is 0.0680. The molecule has 5 heteroatoms. The molecule has 0 radical (unpaired) electrons. The van der Waals surface area contributed by atoms with Crippen molar-refractivity contribution in [2.45, 2.75) is 19.4 Å². The average Bonchev–Trinajstić information content (AvgIpc) is 2.47. The van der Waals surface area contributed by atoms with Crippen molar-refractivity contribution in [1.29, 1.82) is 0 Å². The number of aryl methyl sites for hydroxylation is 1. The number of halogens is 2. The fraction of sp³-hybridized carbons (Fsp3) is 0.250. The van der Waals surface area contributed by atoms with Gasteiger partial charge in [0.05, 0.1) is 13.2 Å². The fourth-order valence-electron chi connectivity index (χ4n) is 2.23. The summed E-state index contributed by atoms with van der Waals surface area (Å²) in [6.07, 6.45) is 0.705. The van der Waals surface area contributed by atoms with Crippen LogP contribution in [0.25, 0.3) is 0 Å². The van der Waals surface area contributed by atoms with E-state index in [9.17, 15) is 0 Å². The lowest BCUT2D eigenvalue weighted by atomic mass is 9.98. The van der Waals surface area contributed by atoms with Crippen molar-refractivity contribution in [1.82, 2.24) is 5.43 Å². The molecule has 1 unspecified atom stereocenters. The van der Waals surface area contributed by atoms with Crippen LogP contribution in [0.5, 0.6) is 5.75 Å². The molecule has 0 heterocycles. The molecule has 0 bridgehead atoms. The summed E-state index contributed by atoms with van der Waals surface area (Å²) in [5, 5.41) is 0.719. The van der Waals surface area contributed by atoms with Crippen LogP contribution in [0.15, 0.2) is 40.9 Å². The number of hydrazine groups is 1. The van der Waals surface area contributed by atoms with E-state index in [2.05, 4.69) is 21.4 Å². The molecule has 0 saturated heterocycles. The summed E-state index contributed by atoms with van der Waals surface area (Å²) in [5.41, 5.74) is 6.06. The molecule has 0 fully saturated rings. The molecule has 0 amide bonds. The van der Waals surface area contributed by atoms with Gasteiger partial charge in [-0.05, 0) is 54.3 Å². The summed E-state index contributed by atoms with van der Waals surface area (Å²) in [6.45, 7) is 2.01. The Morgan fingerprint density at radius 2 is 2.05 bits per heavy atom. The van der Waals surface area contributed by atoms with Crippen molar-refractivity contribution in [3.8, 4) is 5.75 Å². The van der Waals surface area contributed by atoms with Crippen molar-refractivity contribution in [2.75, 3.05) is 7.11 Å². The van der Waals surface area contributed by atoms with Crippen LogP contribution in [0, 0.1) is 6.92 Å². The maximum absolute atomic E-state index is 6.34.